The highest BCUT2D eigenvalue weighted by atomic mass is 32.2. The maximum absolute atomic E-state index is 4.52. The molecule has 0 fully saturated rings. The molecule has 66 valence electrons. The van der Waals surface area contributed by atoms with Crippen LogP contribution in [-0.4, -0.2) is 5.25 Å². The van der Waals surface area contributed by atoms with Crippen LogP contribution in [0, 0.1) is 0 Å². The Morgan fingerprint density at radius 1 is 1.17 bits per heavy atom. The van der Waals surface area contributed by atoms with E-state index in [1.807, 2.05) is 17.8 Å². The van der Waals surface area contributed by atoms with E-state index in [9.17, 15) is 0 Å². The highest BCUT2D eigenvalue weighted by Crippen LogP contribution is 2.34. The first kappa shape index (κ1) is 10.0. The molecule has 1 unspecified atom stereocenters. The minimum atomic E-state index is 0.311. The van der Waals surface area contributed by atoms with E-state index in [1.54, 1.807) is 0 Å². The highest BCUT2D eigenvalue weighted by molar-refractivity contribution is 8.10. The molecular formula is C10H14S2. The second-order valence-corrected chi connectivity index (χ2v) is 5.50. The lowest BCUT2D eigenvalue weighted by Gasteiger charge is -2.12. The molecule has 12 heavy (non-hydrogen) atoms. The molecule has 0 amide bonds. The molecule has 0 aromatic heterocycles. The predicted molar refractivity (Wildman–Crippen MR) is 60.9 cm³/mol. The summed E-state index contributed by atoms with van der Waals surface area (Å²) < 4.78 is 0.311. The van der Waals surface area contributed by atoms with Crippen LogP contribution in [0.25, 0.3) is 0 Å². The molecule has 0 nitrogen and oxygen atoms in total. The van der Waals surface area contributed by atoms with Gasteiger partial charge in [-0.2, -0.15) is 12.6 Å². The summed E-state index contributed by atoms with van der Waals surface area (Å²) in [5.41, 5.74) is 1.29. The second-order valence-electron chi connectivity index (χ2n) is 2.95. The summed E-state index contributed by atoms with van der Waals surface area (Å²) in [6.45, 7) is 4.38. The van der Waals surface area contributed by atoms with Crippen LogP contribution in [0.2, 0.25) is 0 Å². The average Bonchev–Trinajstić information content (AvgIpc) is 2.05. The zero-order chi connectivity index (χ0) is 8.97. The first-order valence-electron chi connectivity index (χ1n) is 4.08. The first-order valence-corrected chi connectivity index (χ1v) is 5.54. The average molecular weight is 198 g/mol. The number of thiol groups is 1. The predicted octanol–water partition coefficient (Wildman–Crippen LogP) is 3.76. The molecule has 2 heteroatoms. The van der Waals surface area contributed by atoms with Crippen molar-refractivity contribution in [3.63, 3.8) is 0 Å². The quantitative estimate of drug-likeness (QED) is 0.570. The lowest BCUT2D eigenvalue weighted by Crippen LogP contribution is -1.91. The van der Waals surface area contributed by atoms with Crippen molar-refractivity contribution < 1.29 is 0 Å². The number of hydrogen-bond donors (Lipinski definition) is 1. The van der Waals surface area contributed by atoms with Gasteiger partial charge in [0.1, 0.15) is 0 Å². The Balaban J connectivity index is 2.59. The zero-order valence-corrected chi connectivity index (χ0v) is 9.11. The molecule has 0 aliphatic heterocycles. The summed E-state index contributed by atoms with van der Waals surface area (Å²) >= 11 is 6.39. The van der Waals surface area contributed by atoms with Gasteiger partial charge in [-0.1, -0.05) is 44.2 Å². The van der Waals surface area contributed by atoms with Crippen molar-refractivity contribution in [1.82, 2.24) is 0 Å². The molecule has 0 aliphatic rings. The molecule has 0 bridgehead atoms. The van der Waals surface area contributed by atoms with Gasteiger partial charge in [-0.15, -0.1) is 11.8 Å². The van der Waals surface area contributed by atoms with Gasteiger partial charge in [-0.25, -0.2) is 0 Å². The molecule has 0 saturated carbocycles. The normalized spacial score (nSPS) is 13.3. The van der Waals surface area contributed by atoms with Crippen molar-refractivity contribution in [3.8, 4) is 0 Å². The second kappa shape index (κ2) is 4.83. The summed E-state index contributed by atoms with van der Waals surface area (Å²) in [5.74, 6) is 0. The third-order valence-corrected chi connectivity index (χ3v) is 3.22. The van der Waals surface area contributed by atoms with Crippen LogP contribution in [0.15, 0.2) is 30.3 Å². The zero-order valence-electron chi connectivity index (χ0n) is 7.40. The van der Waals surface area contributed by atoms with Crippen molar-refractivity contribution in [3.05, 3.63) is 35.9 Å². The van der Waals surface area contributed by atoms with Gasteiger partial charge in [0, 0.05) is 5.25 Å². The molecule has 0 radical (unpaired) electrons. The number of rotatable bonds is 3. The Morgan fingerprint density at radius 3 is 2.25 bits per heavy atom. The van der Waals surface area contributed by atoms with E-state index >= 15 is 0 Å². The maximum Gasteiger partial charge on any atom is 0.0724 e. The Bertz CT molecular complexity index is 219. The van der Waals surface area contributed by atoms with Gasteiger partial charge >= 0.3 is 0 Å². The van der Waals surface area contributed by atoms with E-state index < -0.39 is 0 Å². The van der Waals surface area contributed by atoms with Gasteiger partial charge in [-0.3, -0.25) is 0 Å². The molecule has 0 aliphatic carbocycles. The smallest absolute Gasteiger partial charge is 0.0724 e. The molecule has 0 N–H and O–H groups in total. The first-order chi connectivity index (χ1) is 5.70. The molecular weight excluding hydrogens is 184 g/mol. The molecule has 0 heterocycles. The van der Waals surface area contributed by atoms with Crippen LogP contribution in [0.4, 0.5) is 0 Å². The van der Waals surface area contributed by atoms with Crippen molar-refractivity contribution in [1.29, 1.82) is 0 Å². The number of benzene rings is 1. The summed E-state index contributed by atoms with van der Waals surface area (Å²) in [7, 11) is 0. The summed E-state index contributed by atoms with van der Waals surface area (Å²) in [6, 6.07) is 10.4. The van der Waals surface area contributed by atoms with Crippen LogP contribution >= 0.6 is 24.4 Å². The van der Waals surface area contributed by atoms with E-state index in [-0.39, 0.29) is 0 Å². The van der Waals surface area contributed by atoms with Crippen molar-refractivity contribution in [2.24, 2.45) is 0 Å². The van der Waals surface area contributed by atoms with Gasteiger partial charge in [0.05, 0.1) is 4.58 Å². The van der Waals surface area contributed by atoms with Crippen molar-refractivity contribution >= 4 is 24.4 Å². The van der Waals surface area contributed by atoms with Gasteiger partial charge in [0.25, 0.3) is 0 Å². The molecule has 0 saturated heterocycles. The Hall–Kier alpha value is -0.0800. The van der Waals surface area contributed by atoms with Gasteiger partial charge in [0.2, 0.25) is 0 Å². The third kappa shape index (κ3) is 3.11. The van der Waals surface area contributed by atoms with Crippen molar-refractivity contribution in [2.45, 2.75) is 23.7 Å². The lowest BCUT2D eigenvalue weighted by atomic mass is 10.2. The minimum absolute atomic E-state index is 0.311. The van der Waals surface area contributed by atoms with Crippen LogP contribution in [0.1, 0.15) is 24.0 Å². The molecule has 1 atom stereocenters. The number of thioether (sulfide) groups is 1. The lowest BCUT2D eigenvalue weighted by molar-refractivity contribution is 1.11. The summed E-state index contributed by atoms with van der Waals surface area (Å²) in [6.07, 6.45) is 0. The van der Waals surface area contributed by atoms with Crippen LogP contribution in [-0.2, 0) is 0 Å². The standard InChI is InChI=1S/C10H14S2/c1-8(2)12-10(11)9-6-4-3-5-7-9/h3-8,10-11H,1-2H3. The Kier molecular flexibility index (Phi) is 4.02. The Labute approximate surface area is 84.2 Å². The fourth-order valence-corrected chi connectivity index (χ4v) is 2.69. The number of hydrogen-bond acceptors (Lipinski definition) is 2. The fraction of sp³-hybridized carbons (Fsp3) is 0.400. The van der Waals surface area contributed by atoms with E-state index in [4.69, 9.17) is 0 Å². The monoisotopic (exact) mass is 198 g/mol. The van der Waals surface area contributed by atoms with E-state index in [1.165, 1.54) is 5.56 Å². The molecule has 0 spiro atoms. The summed E-state index contributed by atoms with van der Waals surface area (Å²) in [4.78, 5) is 0. The fourth-order valence-electron chi connectivity index (χ4n) is 0.954. The van der Waals surface area contributed by atoms with Gasteiger partial charge < -0.3 is 0 Å². The maximum atomic E-state index is 4.52. The molecule has 1 aromatic rings. The van der Waals surface area contributed by atoms with Crippen LogP contribution in [0.5, 0.6) is 0 Å². The van der Waals surface area contributed by atoms with Crippen LogP contribution in [0.3, 0.4) is 0 Å². The molecule has 1 rings (SSSR count). The Morgan fingerprint density at radius 2 is 1.75 bits per heavy atom. The third-order valence-electron chi connectivity index (χ3n) is 1.49. The minimum Gasteiger partial charge on any atom is -0.160 e. The van der Waals surface area contributed by atoms with Crippen LogP contribution < -0.4 is 0 Å². The van der Waals surface area contributed by atoms with Gasteiger partial charge in [-0.05, 0) is 5.56 Å². The SMILES string of the molecule is CC(C)SC(S)c1ccccc1. The highest BCUT2D eigenvalue weighted by Gasteiger charge is 2.07. The topological polar surface area (TPSA) is 0 Å². The molecule has 1 aromatic carbocycles. The van der Waals surface area contributed by atoms with E-state index in [2.05, 4.69) is 50.7 Å². The van der Waals surface area contributed by atoms with Crippen molar-refractivity contribution in [2.75, 3.05) is 0 Å². The van der Waals surface area contributed by atoms with Gasteiger partial charge in [0.15, 0.2) is 0 Å². The summed E-state index contributed by atoms with van der Waals surface area (Å²) in [5, 5.41) is 0.632. The van der Waals surface area contributed by atoms with E-state index in [0.29, 0.717) is 9.83 Å². The largest absolute Gasteiger partial charge is 0.160 e. The van der Waals surface area contributed by atoms with E-state index in [0.717, 1.165) is 0 Å².